The Morgan fingerprint density at radius 1 is 1.47 bits per heavy atom. The second-order valence-corrected chi connectivity index (χ2v) is 6.27. The Balaban J connectivity index is 2.54. The van der Waals surface area contributed by atoms with E-state index in [1.54, 1.807) is 18.2 Å². The smallest absolute Gasteiger partial charge is 0.178 e. The van der Waals surface area contributed by atoms with Crippen molar-refractivity contribution >= 4 is 21.4 Å². The zero-order valence-electron chi connectivity index (χ0n) is 10.0. The lowest BCUT2D eigenvalue weighted by atomic mass is 10.1. The van der Waals surface area contributed by atoms with Crippen molar-refractivity contribution in [3.63, 3.8) is 0 Å². The first-order valence-corrected chi connectivity index (χ1v) is 7.72. The number of rotatable bonds is 3. The minimum absolute atomic E-state index is 0.109. The summed E-state index contributed by atoms with van der Waals surface area (Å²) < 4.78 is 24.2. The Morgan fingerprint density at radius 3 is 2.74 bits per heavy atom. The fourth-order valence-corrected chi connectivity index (χ4v) is 2.28. The van der Waals surface area contributed by atoms with Crippen LogP contribution in [0.2, 0.25) is 0 Å². The molecular weight excluding hydrogens is 286 g/mol. The highest BCUT2D eigenvalue weighted by molar-refractivity contribution is 7.90. The van der Waals surface area contributed by atoms with Crippen LogP contribution in [0.3, 0.4) is 0 Å². The van der Waals surface area contributed by atoms with Gasteiger partial charge >= 0.3 is 0 Å². The molecule has 0 saturated carbocycles. The molecule has 0 aliphatic carbocycles. The molecule has 0 spiro atoms. The molecule has 0 N–H and O–H groups in total. The van der Waals surface area contributed by atoms with E-state index in [0.717, 1.165) is 11.8 Å². The predicted octanol–water partition coefficient (Wildman–Crippen LogP) is 1.89. The number of hydrogen-bond donors (Lipinski definition) is 0. The van der Waals surface area contributed by atoms with Gasteiger partial charge in [0.2, 0.25) is 0 Å². The molecule has 2 aromatic rings. The first-order valence-electron chi connectivity index (χ1n) is 5.30. The van der Waals surface area contributed by atoms with Crippen LogP contribution in [0, 0.1) is 11.3 Å². The molecule has 98 valence electrons. The SMILES string of the molecule is CS(=O)(=O)c1cnn(-c2ccc(CCl)cc2C#N)c1. The van der Waals surface area contributed by atoms with Crippen LogP contribution in [0.5, 0.6) is 0 Å². The van der Waals surface area contributed by atoms with E-state index in [1.165, 1.54) is 17.1 Å². The van der Waals surface area contributed by atoms with Crippen molar-refractivity contribution in [3.8, 4) is 11.8 Å². The van der Waals surface area contributed by atoms with Gasteiger partial charge in [-0.25, -0.2) is 13.1 Å². The highest BCUT2D eigenvalue weighted by Crippen LogP contribution is 2.18. The number of aromatic nitrogens is 2. The van der Waals surface area contributed by atoms with Crippen LogP contribution in [0.4, 0.5) is 0 Å². The number of halogens is 1. The summed E-state index contributed by atoms with van der Waals surface area (Å²) in [5.74, 6) is 0.308. The van der Waals surface area contributed by atoms with Crippen molar-refractivity contribution in [2.45, 2.75) is 10.8 Å². The fourth-order valence-electron chi connectivity index (χ4n) is 1.59. The van der Waals surface area contributed by atoms with Crippen molar-refractivity contribution in [2.75, 3.05) is 6.26 Å². The molecule has 0 saturated heterocycles. The summed E-state index contributed by atoms with van der Waals surface area (Å²) in [5.41, 5.74) is 1.73. The Labute approximate surface area is 116 Å². The van der Waals surface area contributed by atoms with Gasteiger partial charge in [0.05, 0.1) is 17.4 Å². The summed E-state index contributed by atoms with van der Waals surface area (Å²) in [6.45, 7) is 0. The Morgan fingerprint density at radius 2 is 2.21 bits per heavy atom. The van der Waals surface area contributed by atoms with Gasteiger partial charge in [0.25, 0.3) is 0 Å². The molecular formula is C12H10ClN3O2S. The Kier molecular flexibility index (Phi) is 3.60. The maximum absolute atomic E-state index is 11.4. The number of nitrogens with zero attached hydrogens (tertiary/aromatic N) is 3. The molecule has 1 aromatic heterocycles. The summed E-state index contributed by atoms with van der Waals surface area (Å²) in [6.07, 6.45) is 3.74. The summed E-state index contributed by atoms with van der Waals surface area (Å²) >= 11 is 5.71. The third kappa shape index (κ3) is 2.78. The van der Waals surface area contributed by atoms with Gasteiger partial charge in [-0.3, -0.25) is 0 Å². The molecule has 1 aromatic carbocycles. The summed E-state index contributed by atoms with van der Waals surface area (Å²) in [5, 5.41) is 13.1. The molecule has 5 nitrogen and oxygen atoms in total. The van der Waals surface area contributed by atoms with Crippen molar-refractivity contribution in [1.29, 1.82) is 5.26 Å². The lowest BCUT2D eigenvalue weighted by molar-refractivity contribution is 0.602. The zero-order valence-corrected chi connectivity index (χ0v) is 11.6. The standard InChI is InChI=1S/C12H10ClN3O2S/c1-19(17,18)11-7-15-16(8-11)12-3-2-9(5-13)4-10(12)6-14/h2-4,7-8H,5H2,1H3. The fraction of sp³-hybridized carbons (Fsp3) is 0.167. The van der Waals surface area contributed by atoms with Gasteiger partial charge in [0.15, 0.2) is 9.84 Å². The van der Waals surface area contributed by atoms with E-state index in [4.69, 9.17) is 16.9 Å². The van der Waals surface area contributed by atoms with E-state index in [1.807, 2.05) is 6.07 Å². The first kappa shape index (κ1) is 13.6. The van der Waals surface area contributed by atoms with Crippen molar-refractivity contribution in [3.05, 3.63) is 41.7 Å². The molecule has 0 aliphatic heterocycles. The van der Waals surface area contributed by atoms with Crippen molar-refractivity contribution in [2.24, 2.45) is 0 Å². The van der Waals surface area contributed by atoms with Gasteiger partial charge in [0.1, 0.15) is 11.0 Å². The molecule has 0 bridgehead atoms. The molecule has 0 unspecified atom stereocenters. The quantitative estimate of drug-likeness (QED) is 0.810. The van der Waals surface area contributed by atoms with Crippen LogP contribution in [0.25, 0.3) is 5.69 Å². The second-order valence-electron chi connectivity index (χ2n) is 3.99. The van der Waals surface area contributed by atoms with Gasteiger partial charge in [-0.05, 0) is 17.7 Å². The number of nitriles is 1. The summed E-state index contributed by atoms with van der Waals surface area (Å²) in [6, 6.07) is 7.16. The van der Waals surface area contributed by atoms with Crippen LogP contribution < -0.4 is 0 Å². The second kappa shape index (κ2) is 5.03. The number of benzene rings is 1. The molecule has 19 heavy (non-hydrogen) atoms. The third-order valence-electron chi connectivity index (χ3n) is 2.57. The molecule has 0 amide bonds. The van der Waals surface area contributed by atoms with Gasteiger partial charge in [-0.15, -0.1) is 11.6 Å². The van der Waals surface area contributed by atoms with Crippen LogP contribution >= 0.6 is 11.6 Å². The number of alkyl halides is 1. The van der Waals surface area contributed by atoms with Crippen molar-refractivity contribution < 1.29 is 8.42 Å². The maximum atomic E-state index is 11.4. The largest absolute Gasteiger partial charge is 0.238 e. The topological polar surface area (TPSA) is 75.8 Å². The number of hydrogen-bond acceptors (Lipinski definition) is 4. The molecule has 0 radical (unpaired) electrons. The van der Waals surface area contributed by atoms with E-state index in [9.17, 15) is 8.42 Å². The molecule has 7 heteroatoms. The Bertz CT molecular complexity index is 760. The normalized spacial score (nSPS) is 11.2. The van der Waals surface area contributed by atoms with Gasteiger partial charge in [-0.1, -0.05) is 6.07 Å². The molecule has 2 rings (SSSR count). The lowest BCUT2D eigenvalue weighted by Gasteiger charge is -2.05. The third-order valence-corrected chi connectivity index (χ3v) is 3.95. The number of sulfone groups is 1. The summed E-state index contributed by atoms with van der Waals surface area (Å²) in [7, 11) is -3.31. The zero-order chi connectivity index (χ0) is 14.0. The highest BCUT2D eigenvalue weighted by Gasteiger charge is 2.12. The van der Waals surface area contributed by atoms with E-state index in [2.05, 4.69) is 5.10 Å². The van der Waals surface area contributed by atoms with Crippen molar-refractivity contribution in [1.82, 2.24) is 9.78 Å². The van der Waals surface area contributed by atoms with Crippen LogP contribution in [-0.2, 0) is 15.7 Å². The monoisotopic (exact) mass is 295 g/mol. The van der Waals surface area contributed by atoms with E-state index in [-0.39, 0.29) is 4.90 Å². The van der Waals surface area contributed by atoms with Gasteiger partial charge in [0, 0.05) is 18.3 Å². The van der Waals surface area contributed by atoms with Crippen LogP contribution in [-0.4, -0.2) is 24.5 Å². The van der Waals surface area contributed by atoms with E-state index < -0.39 is 9.84 Å². The van der Waals surface area contributed by atoms with Crippen LogP contribution in [0.1, 0.15) is 11.1 Å². The first-order chi connectivity index (χ1) is 8.95. The van der Waals surface area contributed by atoms with Gasteiger partial charge in [-0.2, -0.15) is 10.4 Å². The lowest BCUT2D eigenvalue weighted by Crippen LogP contribution is -1.99. The summed E-state index contributed by atoms with van der Waals surface area (Å²) in [4.78, 5) is 0.109. The average molecular weight is 296 g/mol. The van der Waals surface area contributed by atoms with Crippen LogP contribution in [0.15, 0.2) is 35.5 Å². The van der Waals surface area contributed by atoms with E-state index in [0.29, 0.717) is 17.1 Å². The van der Waals surface area contributed by atoms with Gasteiger partial charge < -0.3 is 0 Å². The molecule has 1 heterocycles. The average Bonchev–Trinajstić information content (AvgIpc) is 2.87. The van der Waals surface area contributed by atoms with E-state index >= 15 is 0 Å². The minimum Gasteiger partial charge on any atom is -0.238 e. The predicted molar refractivity (Wildman–Crippen MR) is 70.9 cm³/mol. The highest BCUT2D eigenvalue weighted by atomic mass is 35.5. The minimum atomic E-state index is -3.31. The molecule has 0 atom stereocenters. The molecule has 0 fully saturated rings. The maximum Gasteiger partial charge on any atom is 0.178 e. The Hall–Kier alpha value is -1.84. The molecule has 0 aliphatic rings.